The summed E-state index contributed by atoms with van der Waals surface area (Å²) >= 11 is 0. The number of hydrogen-bond donors (Lipinski definition) is 1. The minimum absolute atomic E-state index is 0.0625. The van der Waals surface area contributed by atoms with Gasteiger partial charge in [0.2, 0.25) is 0 Å². The predicted octanol–water partition coefficient (Wildman–Crippen LogP) is 3.75. The van der Waals surface area contributed by atoms with Crippen molar-refractivity contribution in [1.29, 1.82) is 0 Å². The topological polar surface area (TPSA) is 78.7 Å². The van der Waals surface area contributed by atoms with Gasteiger partial charge in [0.1, 0.15) is 5.69 Å². The van der Waals surface area contributed by atoms with Crippen molar-refractivity contribution in [1.82, 2.24) is 4.90 Å². The summed E-state index contributed by atoms with van der Waals surface area (Å²) in [7, 11) is 0. The number of benzene rings is 2. The number of aryl methyl sites for hydroxylation is 2. The smallest absolute Gasteiger partial charge is 0.292 e. The van der Waals surface area contributed by atoms with Crippen LogP contribution in [0.4, 0.5) is 17.1 Å². The molecule has 1 saturated heterocycles. The Morgan fingerprint density at radius 1 is 1.03 bits per heavy atom. The molecule has 2 fully saturated rings. The van der Waals surface area contributed by atoms with E-state index in [2.05, 4.69) is 10.2 Å². The highest BCUT2D eigenvalue weighted by Crippen LogP contribution is 2.34. The molecular weight excluding hydrogens is 368 g/mol. The highest BCUT2D eigenvalue weighted by molar-refractivity contribution is 5.94. The Bertz CT molecular complexity index is 947. The van der Waals surface area contributed by atoms with E-state index in [0.29, 0.717) is 37.9 Å². The van der Waals surface area contributed by atoms with Gasteiger partial charge in [0.25, 0.3) is 11.6 Å². The van der Waals surface area contributed by atoms with Gasteiger partial charge in [-0.05, 0) is 62.1 Å². The highest BCUT2D eigenvalue weighted by atomic mass is 16.6. The lowest BCUT2D eigenvalue weighted by molar-refractivity contribution is -0.384. The first-order valence-corrected chi connectivity index (χ1v) is 10.1. The Labute approximate surface area is 170 Å². The quantitative estimate of drug-likeness (QED) is 0.617. The summed E-state index contributed by atoms with van der Waals surface area (Å²) in [5.74, 6) is 0.0625. The number of nitro benzene ring substituents is 1. The molecule has 2 aliphatic rings. The van der Waals surface area contributed by atoms with Crippen LogP contribution in [0.5, 0.6) is 0 Å². The maximum absolute atomic E-state index is 12.8. The van der Waals surface area contributed by atoms with Crippen LogP contribution < -0.4 is 10.2 Å². The average molecular weight is 394 g/mol. The molecule has 2 aromatic carbocycles. The Morgan fingerprint density at radius 2 is 1.76 bits per heavy atom. The van der Waals surface area contributed by atoms with Gasteiger partial charge in [0, 0.05) is 49.5 Å². The molecule has 1 heterocycles. The normalized spacial score (nSPS) is 16.6. The van der Waals surface area contributed by atoms with Crippen LogP contribution in [0.1, 0.15) is 34.3 Å². The molecule has 0 aromatic heterocycles. The second kappa shape index (κ2) is 7.73. The molecule has 1 aliphatic carbocycles. The lowest BCUT2D eigenvalue weighted by atomic mass is 10.1. The Hall–Kier alpha value is -3.09. The lowest BCUT2D eigenvalue weighted by Gasteiger charge is -2.36. The van der Waals surface area contributed by atoms with Crippen LogP contribution >= 0.6 is 0 Å². The number of rotatable bonds is 5. The first-order chi connectivity index (χ1) is 13.9. The van der Waals surface area contributed by atoms with Crippen LogP contribution in [0, 0.1) is 24.0 Å². The Kier molecular flexibility index (Phi) is 5.13. The third-order valence-corrected chi connectivity index (χ3v) is 5.80. The number of nitrogens with one attached hydrogen (secondary N) is 1. The van der Waals surface area contributed by atoms with Crippen LogP contribution in [0.25, 0.3) is 0 Å². The molecule has 7 nitrogen and oxygen atoms in total. The fraction of sp³-hybridized carbons (Fsp3) is 0.409. The van der Waals surface area contributed by atoms with E-state index in [0.717, 1.165) is 29.7 Å². The first-order valence-electron chi connectivity index (χ1n) is 10.1. The van der Waals surface area contributed by atoms with Crippen molar-refractivity contribution in [3.8, 4) is 0 Å². The Morgan fingerprint density at radius 3 is 2.38 bits per heavy atom. The minimum Gasteiger partial charge on any atom is -0.377 e. The summed E-state index contributed by atoms with van der Waals surface area (Å²) in [4.78, 5) is 27.9. The predicted molar refractivity (Wildman–Crippen MR) is 114 cm³/mol. The molecule has 0 spiro atoms. The van der Waals surface area contributed by atoms with Crippen LogP contribution in [0.2, 0.25) is 0 Å². The number of hydrogen-bond acceptors (Lipinski definition) is 5. The molecule has 7 heteroatoms. The number of piperazine rings is 1. The maximum atomic E-state index is 12.8. The van der Waals surface area contributed by atoms with Crippen molar-refractivity contribution < 1.29 is 9.72 Å². The SMILES string of the molecule is Cc1ccc(C(=O)N2CCN(c3ccc([N+](=O)[O-])c(NC4CC4)c3)CC2)cc1C. The second-order valence-electron chi connectivity index (χ2n) is 7.96. The van der Waals surface area contributed by atoms with Crippen molar-refractivity contribution in [2.24, 2.45) is 0 Å². The summed E-state index contributed by atoms with van der Waals surface area (Å²) in [6, 6.07) is 11.4. The number of amides is 1. The molecule has 152 valence electrons. The van der Waals surface area contributed by atoms with E-state index in [4.69, 9.17) is 0 Å². The zero-order valence-electron chi connectivity index (χ0n) is 16.9. The van der Waals surface area contributed by atoms with Gasteiger partial charge in [-0.3, -0.25) is 14.9 Å². The fourth-order valence-corrected chi connectivity index (χ4v) is 3.67. The summed E-state index contributed by atoms with van der Waals surface area (Å²) in [5, 5.41) is 14.6. The van der Waals surface area contributed by atoms with E-state index in [1.54, 1.807) is 12.1 Å². The Balaban J connectivity index is 1.44. The number of nitrogens with zero attached hydrogens (tertiary/aromatic N) is 3. The van der Waals surface area contributed by atoms with E-state index >= 15 is 0 Å². The zero-order chi connectivity index (χ0) is 20.5. The third kappa shape index (κ3) is 4.18. The van der Waals surface area contributed by atoms with E-state index < -0.39 is 0 Å². The summed E-state index contributed by atoms with van der Waals surface area (Å²) < 4.78 is 0. The molecule has 1 saturated carbocycles. The van der Waals surface area contributed by atoms with Gasteiger partial charge in [-0.1, -0.05) is 6.07 Å². The minimum atomic E-state index is -0.339. The highest BCUT2D eigenvalue weighted by Gasteiger charge is 2.27. The van der Waals surface area contributed by atoms with Gasteiger partial charge >= 0.3 is 0 Å². The lowest BCUT2D eigenvalue weighted by Crippen LogP contribution is -2.48. The van der Waals surface area contributed by atoms with Crippen LogP contribution in [0.3, 0.4) is 0 Å². The van der Waals surface area contributed by atoms with Gasteiger partial charge in [-0.15, -0.1) is 0 Å². The maximum Gasteiger partial charge on any atom is 0.292 e. The van der Waals surface area contributed by atoms with Gasteiger partial charge in [0.15, 0.2) is 0 Å². The van der Waals surface area contributed by atoms with E-state index in [9.17, 15) is 14.9 Å². The number of carbonyl (C=O) groups excluding carboxylic acids is 1. The number of nitro groups is 1. The van der Waals surface area contributed by atoms with Crippen molar-refractivity contribution in [3.05, 3.63) is 63.2 Å². The summed E-state index contributed by atoms with van der Waals surface area (Å²) in [5.41, 5.74) is 4.69. The molecule has 1 amide bonds. The monoisotopic (exact) mass is 394 g/mol. The van der Waals surface area contributed by atoms with Gasteiger partial charge in [0.05, 0.1) is 4.92 Å². The molecule has 0 bridgehead atoms. The van der Waals surface area contributed by atoms with Crippen molar-refractivity contribution >= 4 is 23.0 Å². The molecule has 0 atom stereocenters. The largest absolute Gasteiger partial charge is 0.377 e. The molecule has 1 N–H and O–H groups in total. The molecule has 29 heavy (non-hydrogen) atoms. The third-order valence-electron chi connectivity index (χ3n) is 5.80. The van der Waals surface area contributed by atoms with Crippen LogP contribution in [-0.2, 0) is 0 Å². The van der Waals surface area contributed by atoms with Crippen molar-refractivity contribution in [2.75, 3.05) is 36.4 Å². The van der Waals surface area contributed by atoms with Crippen LogP contribution in [-0.4, -0.2) is 48.0 Å². The van der Waals surface area contributed by atoms with Crippen molar-refractivity contribution in [2.45, 2.75) is 32.7 Å². The molecule has 4 rings (SSSR count). The molecule has 0 unspecified atom stereocenters. The molecule has 0 radical (unpaired) electrons. The standard InChI is InChI=1S/C22H26N4O3/c1-15-3-4-17(13-16(15)2)22(27)25-11-9-24(10-12-25)19-7-8-21(26(28)29)20(14-19)23-18-5-6-18/h3-4,7-8,13-14,18,23H,5-6,9-12H2,1-2H3. The van der Waals surface area contributed by atoms with Crippen molar-refractivity contribution in [3.63, 3.8) is 0 Å². The second-order valence-corrected chi connectivity index (χ2v) is 7.96. The van der Waals surface area contributed by atoms with E-state index in [1.165, 1.54) is 5.56 Å². The van der Waals surface area contributed by atoms with E-state index in [1.807, 2.05) is 43.0 Å². The average Bonchev–Trinajstić information content (AvgIpc) is 3.53. The van der Waals surface area contributed by atoms with Gasteiger partial charge < -0.3 is 15.1 Å². The summed E-state index contributed by atoms with van der Waals surface area (Å²) in [6.07, 6.45) is 2.11. The van der Waals surface area contributed by atoms with Gasteiger partial charge in [-0.25, -0.2) is 0 Å². The zero-order valence-corrected chi connectivity index (χ0v) is 16.9. The first kappa shape index (κ1) is 19.2. The number of carbonyl (C=O) groups is 1. The van der Waals surface area contributed by atoms with E-state index in [-0.39, 0.29) is 16.5 Å². The fourth-order valence-electron chi connectivity index (χ4n) is 3.67. The molecule has 2 aromatic rings. The summed E-state index contributed by atoms with van der Waals surface area (Å²) in [6.45, 7) is 6.74. The molecular formula is C22H26N4O3. The van der Waals surface area contributed by atoms with Gasteiger partial charge in [-0.2, -0.15) is 0 Å². The number of anilines is 2. The van der Waals surface area contributed by atoms with Crippen LogP contribution in [0.15, 0.2) is 36.4 Å². The molecule has 1 aliphatic heterocycles.